The van der Waals surface area contributed by atoms with Crippen molar-refractivity contribution >= 4 is 17.8 Å². The number of alkyl halides is 3. The molecule has 0 N–H and O–H groups in total. The number of furan rings is 1. The fraction of sp³-hybridized carbons (Fsp3) is 0.118. The van der Waals surface area contributed by atoms with Gasteiger partial charge in [-0.25, -0.2) is 0 Å². The third kappa shape index (κ3) is 3.51. The lowest BCUT2D eigenvalue weighted by atomic mass is 10.1. The first-order valence-corrected chi connectivity index (χ1v) is 7.32. The van der Waals surface area contributed by atoms with Gasteiger partial charge in [-0.2, -0.15) is 13.2 Å². The van der Waals surface area contributed by atoms with Crippen molar-refractivity contribution in [3.63, 3.8) is 0 Å². The molecule has 3 rings (SSSR count). The average molecular weight is 364 g/mol. The molecule has 3 aromatic rings. The molecule has 0 fully saturated rings. The largest absolute Gasteiger partial charge is 0.457 e. The summed E-state index contributed by atoms with van der Waals surface area (Å²) >= 11 is 0. The molecular weight excluding hydrogens is 353 g/mol. The lowest BCUT2D eigenvalue weighted by Gasteiger charge is -2.07. The molecule has 2 heterocycles. The Bertz CT molecular complexity index is 986. The van der Waals surface area contributed by atoms with Gasteiger partial charge >= 0.3 is 11.9 Å². The van der Waals surface area contributed by atoms with Gasteiger partial charge in [0.25, 0.3) is 0 Å². The fourth-order valence-electron chi connectivity index (χ4n) is 2.32. The Balaban J connectivity index is 1.86. The summed E-state index contributed by atoms with van der Waals surface area (Å²) in [7, 11) is 0. The van der Waals surface area contributed by atoms with Gasteiger partial charge in [-0.3, -0.25) is 10.1 Å². The summed E-state index contributed by atoms with van der Waals surface area (Å²) in [6, 6.07) is 7.77. The molecule has 0 aliphatic rings. The third-order valence-electron chi connectivity index (χ3n) is 3.54. The van der Waals surface area contributed by atoms with Crippen molar-refractivity contribution in [3.05, 3.63) is 69.3 Å². The first kappa shape index (κ1) is 17.5. The van der Waals surface area contributed by atoms with E-state index in [-0.39, 0.29) is 28.5 Å². The number of nitro groups is 1. The Kier molecular flexibility index (Phi) is 4.37. The Hall–Kier alpha value is -3.36. The van der Waals surface area contributed by atoms with Gasteiger partial charge in [0.2, 0.25) is 5.76 Å². The summed E-state index contributed by atoms with van der Waals surface area (Å²) in [6.45, 7) is 1.44. The molecule has 2 aromatic heterocycles. The van der Waals surface area contributed by atoms with Crippen molar-refractivity contribution in [1.29, 1.82) is 0 Å². The Morgan fingerprint density at radius 1 is 1.19 bits per heavy atom. The molecule has 0 atom stereocenters. The first-order valence-electron chi connectivity index (χ1n) is 7.32. The average Bonchev–Trinajstić information content (AvgIpc) is 3.19. The quantitative estimate of drug-likeness (QED) is 0.461. The SMILES string of the molecule is Cc1noc(/C=C\c2ccc(-c3cccc(C(F)(F)F)c3)o2)c1[N+](=O)[O-]. The molecule has 0 saturated heterocycles. The summed E-state index contributed by atoms with van der Waals surface area (Å²) in [5.74, 6) is 0.476. The van der Waals surface area contributed by atoms with Crippen LogP contribution in [0.3, 0.4) is 0 Å². The maximum atomic E-state index is 12.8. The Morgan fingerprint density at radius 2 is 1.96 bits per heavy atom. The van der Waals surface area contributed by atoms with Crippen LogP contribution in [-0.4, -0.2) is 10.1 Å². The second-order valence-electron chi connectivity index (χ2n) is 5.35. The molecule has 6 nitrogen and oxygen atoms in total. The van der Waals surface area contributed by atoms with Gasteiger partial charge in [0, 0.05) is 5.56 Å². The van der Waals surface area contributed by atoms with E-state index in [2.05, 4.69) is 5.16 Å². The second-order valence-corrected chi connectivity index (χ2v) is 5.35. The molecule has 0 aliphatic carbocycles. The van der Waals surface area contributed by atoms with Crippen LogP contribution in [-0.2, 0) is 6.18 Å². The number of benzene rings is 1. The van der Waals surface area contributed by atoms with Gasteiger partial charge < -0.3 is 8.94 Å². The van der Waals surface area contributed by atoms with E-state index in [4.69, 9.17) is 8.94 Å². The number of nitrogens with zero attached hydrogens (tertiary/aromatic N) is 2. The second kappa shape index (κ2) is 6.51. The van der Waals surface area contributed by atoms with Crippen molar-refractivity contribution in [3.8, 4) is 11.3 Å². The number of aromatic nitrogens is 1. The summed E-state index contributed by atoms with van der Waals surface area (Å²) in [4.78, 5) is 10.4. The van der Waals surface area contributed by atoms with Gasteiger partial charge in [-0.1, -0.05) is 17.3 Å². The number of halogens is 3. The zero-order chi connectivity index (χ0) is 18.9. The van der Waals surface area contributed by atoms with E-state index in [0.29, 0.717) is 5.76 Å². The zero-order valence-electron chi connectivity index (χ0n) is 13.3. The van der Waals surface area contributed by atoms with E-state index >= 15 is 0 Å². The van der Waals surface area contributed by atoms with Gasteiger partial charge in [0.05, 0.1) is 10.5 Å². The molecule has 0 saturated carbocycles. The Morgan fingerprint density at radius 3 is 2.65 bits per heavy atom. The van der Waals surface area contributed by atoms with E-state index in [1.807, 2.05) is 0 Å². The first-order chi connectivity index (χ1) is 12.3. The minimum atomic E-state index is -4.45. The van der Waals surface area contributed by atoms with Crippen LogP contribution >= 0.6 is 0 Å². The van der Waals surface area contributed by atoms with Crippen molar-refractivity contribution in [2.75, 3.05) is 0 Å². The van der Waals surface area contributed by atoms with E-state index in [9.17, 15) is 23.3 Å². The summed E-state index contributed by atoms with van der Waals surface area (Å²) in [5.41, 5.74) is -0.637. The van der Waals surface area contributed by atoms with Crippen LogP contribution in [0.25, 0.3) is 23.5 Å². The molecule has 0 amide bonds. The van der Waals surface area contributed by atoms with Gasteiger partial charge in [-0.05, 0) is 43.3 Å². The highest BCUT2D eigenvalue weighted by Gasteiger charge is 2.30. The van der Waals surface area contributed by atoms with Gasteiger partial charge in [-0.15, -0.1) is 0 Å². The maximum absolute atomic E-state index is 12.8. The van der Waals surface area contributed by atoms with Crippen LogP contribution in [0.2, 0.25) is 0 Å². The van der Waals surface area contributed by atoms with Crippen LogP contribution in [0, 0.1) is 17.0 Å². The molecular formula is C17H11F3N2O4. The zero-order valence-corrected chi connectivity index (χ0v) is 13.3. The number of hydrogen-bond acceptors (Lipinski definition) is 5. The number of rotatable bonds is 4. The number of aryl methyl sites for hydroxylation is 1. The van der Waals surface area contributed by atoms with Crippen LogP contribution in [0.5, 0.6) is 0 Å². The van der Waals surface area contributed by atoms with Gasteiger partial charge in [0.1, 0.15) is 11.5 Å². The molecule has 0 unspecified atom stereocenters. The van der Waals surface area contributed by atoms with E-state index in [1.165, 1.54) is 43.3 Å². The number of hydrogen-bond donors (Lipinski definition) is 0. The van der Waals surface area contributed by atoms with E-state index in [1.54, 1.807) is 0 Å². The van der Waals surface area contributed by atoms with Crippen LogP contribution in [0.15, 0.2) is 45.3 Å². The molecule has 134 valence electrons. The predicted molar refractivity (Wildman–Crippen MR) is 86.0 cm³/mol. The topological polar surface area (TPSA) is 82.3 Å². The molecule has 0 bridgehead atoms. The highest BCUT2D eigenvalue weighted by atomic mass is 19.4. The highest BCUT2D eigenvalue weighted by Crippen LogP contribution is 2.33. The highest BCUT2D eigenvalue weighted by molar-refractivity contribution is 5.71. The summed E-state index contributed by atoms with van der Waals surface area (Å²) in [6.07, 6.45) is -1.73. The monoisotopic (exact) mass is 364 g/mol. The van der Waals surface area contributed by atoms with E-state index < -0.39 is 16.7 Å². The molecule has 26 heavy (non-hydrogen) atoms. The normalized spacial score (nSPS) is 12.0. The fourth-order valence-corrected chi connectivity index (χ4v) is 2.32. The Labute approximate surface area is 144 Å². The smallest absolute Gasteiger partial charge is 0.416 e. The van der Waals surface area contributed by atoms with Crippen molar-refractivity contribution in [2.24, 2.45) is 0 Å². The molecule has 9 heteroatoms. The van der Waals surface area contributed by atoms with E-state index in [0.717, 1.165) is 12.1 Å². The molecule has 0 radical (unpaired) electrons. The van der Waals surface area contributed by atoms with Gasteiger partial charge in [0.15, 0.2) is 5.69 Å². The van der Waals surface area contributed by atoms with Crippen molar-refractivity contribution in [2.45, 2.75) is 13.1 Å². The standard InChI is InChI=1S/C17H11F3N2O4/c1-10-16(22(23)24)15(26-21-10)8-6-13-5-7-14(25-13)11-3-2-4-12(9-11)17(18,19)20/h2-9H,1H3/b8-6-. The van der Waals surface area contributed by atoms with Crippen molar-refractivity contribution < 1.29 is 27.0 Å². The van der Waals surface area contributed by atoms with Crippen LogP contribution < -0.4 is 0 Å². The minimum absolute atomic E-state index is 0.0514. The van der Waals surface area contributed by atoms with Crippen molar-refractivity contribution in [1.82, 2.24) is 5.16 Å². The summed E-state index contributed by atoms with van der Waals surface area (Å²) in [5, 5.41) is 14.5. The lowest BCUT2D eigenvalue weighted by Crippen LogP contribution is -2.04. The molecule has 0 aliphatic heterocycles. The summed E-state index contributed by atoms with van der Waals surface area (Å²) < 4.78 is 48.7. The lowest BCUT2D eigenvalue weighted by molar-refractivity contribution is -0.386. The maximum Gasteiger partial charge on any atom is 0.416 e. The van der Waals surface area contributed by atoms with Crippen LogP contribution in [0.4, 0.5) is 18.9 Å². The molecule has 1 aromatic carbocycles. The third-order valence-corrected chi connectivity index (χ3v) is 3.54. The van der Waals surface area contributed by atoms with Crippen LogP contribution in [0.1, 0.15) is 22.8 Å². The predicted octanol–water partition coefficient (Wildman–Crippen LogP) is 5.34. The molecule has 0 spiro atoms. The minimum Gasteiger partial charge on any atom is -0.457 e.